The van der Waals surface area contributed by atoms with Crippen molar-refractivity contribution < 1.29 is 22.8 Å². The Balaban J connectivity index is 1.64. The van der Waals surface area contributed by atoms with Gasteiger partial charge in [0.05, 0.1) is 11.9 Å². The van der Waals surface area contributed by atoms with Gasteiger partial charge in [-0.3, -0.25) is 14.3 Å². The maximum atomic E-state index is 12.8. The van der Waals surface area contributed by atoms with E-state index >= 15 is 0 Å². The molecule has 0 radical (unpaired) electrons. The van der Waals surface area contributed by atoms with E-state index in [0.717, 1.165) is 10.5 Å². The molecule has 1 saturated heterocycles. The number of nitrogens with zero attached hydrogens (tertiary/aromatic N) is 5. The van der Waals surface area contributed by atoms with Crippen LogP contribution in [-0.2, 0) is 11.8 Å². The molecule has 11 heteroatoms. The monoisotopic (exact) mass is 401 g/mol. The number of piperazine rings is 1. The average Bonchev–Trinajstić information content (AvgIpc) is 3.18. The summed E-state index contributed by atoms with van der Waals surface area (Å²) in [5, 5.41) is 4.77. The van der Waals surface area contributed by atoms with E-state index in [0.29, 0.717) is 15.6 Å². The number of amides is 2. The van der Waals surface area contributed by atoms with Gasteiger partial charge >= 0.3 is 6.18 Å². The summed E-state index contributed by atoms with van der Waals surface area (Å²) in [6.45, 7) is 2.32. The van der Waals surface area contributed by atoms with Gasteiger partial charge in [0, 0.05) is 45.0 Å². The molecular formula is C16H18F3N5O2S. The predicted octanol–water partition coefficient (Wildman–Crippen LogP) is 2.09. The molecule has 1 fully saturated rings. The zero-order valence-electron chi connectivity index (χ0n) is 14.8. The first-order valence-electron chi connectivity index (χ1n) is 8.24. The van der Waals surface area contributed by atoms with Crippen LogP contribution < -0.4 is 0 Å². The van der Waals surface area contributed by atoms with Crippen LogP contribution in [0.2, 0.25) is 0 Å². The summed E-state index contributed by atoms with van der Waals surface area (Å²) in [5.74, 6) is -1.18. The molecule has 0 aromatic carbocycles. The van der Waals surface area contributed by atoms with Crippen LogP contribution in [-0.4, -0.2) is 68.7 Å². The second kappa shape index (κ2) is 7.29. The quantitative estimate of drug-likeness (QED) is 0.790. The third-order valence-electron chi connectivity index (χ3n) is 4.21. The van der Waals surface area contributed by atoms with Crippen molar-refractivity contribution in [3.05, 3.63) is 23.0 Å². The maximum absolute atomic E-state index is 12.8. The molecule has 1 aliphatic heterocycles. The van der Waals surface area contributed by atoms with Gasteiger partial charge in [-0.25, -0.2) is 4.98 Å². The van der Waals surface area contributed by atoms with E-state index in [-0.39, 0.29) is 32.1 Å². The Labute approximate surface area is 157 Å². The van der Waals surface area contributed by atoms with Gasteiger partial charge in [0.25, 0.3) is 5.91 Å². The second-order valence-electron chi connectivity index (χ2n) is 6.30. The number of carbonyl (C=O) groups is 2. The highest BCUT2D eigenvalue weighted by atomic mass is 32.1. The molecule has 0 spiro atoms. The largest absolute Gasteiger partial charge is 0.397 e. The molecule has 0 unspecified atom stereocenters. The maximum Gasteiger partial charge on any atom is 0.397 e. The first-order valence-corrected chi connectivity index (χ1v) is 9.06. The Kier molecular flexibility index (Phi) is 5.22. The van der Waals surface area contributed by atoms with Crippen LogP contribution in [0, 0.1) is 6.92 Å². The molecule has 0 N–H and O–H groups in total. The number of alkyl halides is 3. The molecule has 0 atom stereocenters. The standard InChI is InChI=1S/C16H18F3N5O2S/c1-10-13(27-14(21-10)11-8-20-22(2)9-11)15(26)24-5-3-23(4-6-24)12(25)7-16(17,18)19/h8-9H,3-7H2,1-2H3. The highest BCUT2D eigenvalue weighted by Crippen LogP contribution is 2.29. The lowest BCUT2D eigenvalue weighted by Crippen LogP contribution is -2.51. The number of thiazole rings is 1. The van der Waals surface area contributed by atoms with E-state index in [1.54, 1.807) is 35.9 Å². The van der Waals surface area contributed by atoms with Gasteiger partial charge < -0.3 is 9.80 Å². The lowest BCUT2D eigenvalue weighted by molar-refractivity contribution is -0.162. The SMILES string of the molecule is Cc1nc(-c2cnn(C)c2)sc1C(=O)N1CCN(C(=O)CC(F)(F)F)CC1. The number of aromatic nitrogens is 3. The Bertz CT molecular complexity index is 853. The molecule has 0 bridgehead atoms. The lowest BCUT2D eigenvalue weighted by Gasteiger charge is -2.34. The van der Waals surface area contributed by atoms with E-state index in [9.17, 15) is 22.8 Å². The summed E-state index contributed by atoms with van der Waals surface area (Å²) >= 11 is 1.26. The fourth-order valence-corrected chi connectivity index (χ4v) is 3.84. The molecule has 27 heavy (non-hydrogen) atoms. The first kappa shape index (κ1) is 19.3. The van der Waals surface area contributed by atoms with Crippen molar-refractivity contribution in [2.75, 3.05) is 26.2 Å². The highest BCUT2D eigenvalue weighted by molar-refractivity contribution is 7.17. The molecule has 3 rings (SSSR count). The summed E-state index contributed by atoms with van der Waals surface area (Å²) < 4.78 is 38.7. The molecule has 7 nitrogen and oxygen atoms in total. The van der Waals surface area contributed by atoms with E-state index in [2.05, 4.69) is 10.1 Å². The lowest BCUT2D eigenvalue weighted by atomic mass is 10.2. The van der Waals surface area contributed by atoms with Gasteiger partial charge in [-0.2, -0.15) is 18.3 Å². The molecule has 0 aliphatic carbocycles. The highest BCUT2D eigenvalue weighted by Gasteiger charge is 2.35. The van der Waals surface area contributed by atoms with Crippen LogP contribution >= 0.6 is 11.3 Å². The first-order chi connectivity index (χ1) is 12.6. The fourth-order valence-electron chi connectivity index (χ4n) is 2.84. The van der Waals surface area contributed by atoms with E-state index in [1.165, 1.54) is 11.3 Å². The van der Waals surface area contributed by atoms with Crippen molar-refractivity contribution in [1.82, 2.24) is 24.6 Å². The van der Waals surface area contributed by atoms with Gasteiger partial charge in [-0.1, -0.05) is 0 Å². The van der Waals surface area contributed by atoms with Crippen molar-refractivity contribution in [3.63, 3.8) is 0 Å². The predicted molar refractivity (Wildman–Crippen MR) is 92.2 cm³/mol. The van der Waals surface area contributed by atoms with Crippen molar-refractivity contribution in [1.29, 1.82) is 0 Å². The van der Waals surface area contributed by atoms with Gasteiger partial charge in [0.2, 0.25) is 5.91 Å². The Morgan fingerprint density at radius 3 is 2.37 bits per heavy atom. The average molecular weight is 401 g/mol. The molecular weight excluding hydrogens is 383 g/mol. The van der Waals surface area contributed by atoms with E-state index < -0.39 is 18.5 Å². The number of halogens is 3. The Morgan fingerprint density at radius 2 is 1.81 bits per heavy atom. The Hall–Kier alpha value is -2.43. The molecule has 2 aromatic heterocycles. The molecule has 3 heterocycles. The third-order valence-corrected chi connectivity index (χ3v) is 5.41. The summed E-state index contributed by atoms with van der Waals surface area (Å²) in [4.78, 5) is 32.0. The minimum Gasteiger partial charge on any atom is -0.339 e. The van der Waals surface area contributed by atoms with Crippen molar-refractivity contribution in [3.8, 4) is 10.6 Å². The van der Waals surface area contributed by atoms with E-state index in [4.69, 9.17) is 0 Å². The number of aryl methyl sites for hydroxylation is 2. The van der Waals surface area contributed by atoms with Gasteiger partial charge in [-0.05, 0) is 6.92 Å². The topological polar surface area (TPSA) is 71.3 Å². The zero-order chi connectivity index (χ0) is 19.8. The minimum atomic E-state index is -4.52. The molecule has 2 amide bonds. The van der Waals surface area contributed by atoms with Crippen molar-refractivity contribution >= 4 is 23.2 Å². The number of hydrogen-bond acceptors (Lipinski definition) is 5. The smallest absolute Gasteiger partial charge is 0.339 e. The summed E-state index contributed by atoms with van der Waals surface area (Å²) in [6, 6.07) is 0. The molecule has 2 aromatic rings. The van der Waals surface area contributed by atoms with Crippen molar-refractivity contribution in [2.24, 2.45) is 7.05 Å². The van der Waals surface area contributed by atoms with E-state index in [1.807, 2.05) is 0 Å². The molecule has 1 aliphatic rings. The van der Waals surface area contributed by atoms with Gasteiger partial charge in [-0.15, -0.1) is 11.3 Å². The number of carbonyl (C=O) groups excluding carboxylic acids is 2. The van der Waals surface area contributed by atoms with Crippen LogP contribution in [0.4, 0.5) is 13.2 Å². The summed E-state index contributed by atoms with van der Waals surface area (Å²) in [5.41, 5.74) is 1.41. The zero-order valence-corrected chi connectivity index (χ0v) is 15.6. The van der Waals surface area contributed by atoms with Gasteiger partial charge in [0.15, 0.2) is 0 Å². The van der Waals surface area contributed by atoms with Crippen LogP contribution in [0.5, 0.6) is 0 Å². The van der Waals surface area contributed by atoms with Crippen LogP contribution in [0.25, 0.3) is 10.6 Å². The molecule has 0 saturated carbocycles. The normalized spacial score (nSPS) is 15.3. The summed E-state index contributed by atoms with van der Waals surface area (Å²) in [7, 11) is 1.79. The van der Waals surface area contributed by atoms with Crippen LogP contribution in [0.1, 0.15) is 21.8 Å². The third kappa shape index (κ3) is 4.46. The number of rotatable bonds is 3. The molecule has 146 valence electrons. The minimum absolute atomic E-state index is 0.0912. The van der Waals surface area contributed by atoms with Crippen LogP contribution in [0.3, 0.4) is 0 Å². The second-order valence-corrected chi connectivity index (χ2v) is 7.30. The number of hydrogen-bond donors (Lipinski definition) is 0. The van der Waals surface area contributed by atoms with Crippen molar-refractivity contribution in [2.45, 2.75) is 19.5 Å². The summed E-state index contributed by atoms with van der Waals surface area (Å²) in [6.07, 6.45) is -2.52. The van der Waals surface area contributed by atoms with Crippen LogP contribution in [0.15, 0.2) is 12.4 Å². The Morgan fingerprint density at radius 1 is 1.19 bits per heavy atom. The van der Waals surface area contributed by atoms with Gasteiger partial charge in [0.1, 0.15) is 16.3 Å². The fraction of sp³-hybridized carbons (Fsp3) is 0.500.